The molecule has 0 spiro atoms. The molecule has 0 saturated heterocycles. The minimum atomic E-state index is -0.486. The number of nitro benzene ring substituents is 1. The normalized spacial score (nSPS) is 11.7. The second kappa shape index (κ2) is 10.3. The molecule has 1 atom stereocenters. The zero-order valence-corrected chi connectivity index (χ0v) is 18.5. The van der Waals surface area contributed by atoms with Gasteiger partial charge in [-0.1, -0.05) is 29.4 Å². The number of nitro groups is 1. The monoisotopic (exact) mass is 460 g/mol. The smallest absolute Gasteiger partial charge is 0.269 e. The Hall–Kier alpha value is -3.11. The van der Waals surface area contributed by atoms with Crippen LogP contribution in [0.3, 0.4) is 0 Å². The van der Waals surface area contributed by atoms with Gasteiger partial charge in [-0.05, 0) is 44.2 Å². The second-order valence-corrected chi connectivity index (χ2v) is 8.30. The van der Waals surface area contributed by atoms with Crippen LogP contribution in [0.1, 0.15) is 19.7 Å². The number of carbonyl (C=O) groups is 1. The van der Waals surface area contributed by atoms with Crippen molar-refractivity contribution in [3.05, 3.63) is 69.5 Å². The molecule has 3 rings (SSSR count). The highest BCUT2D eigenvalue weighted by atomic mass is 35.5. The van der Waals surface area contributed by atoms with Crippen LogP contribution in [0.25, 0.3) is 0 Å². The average molecular weight is 461 g/mol. The third-order valence-corrected chi connectivity index (χ3v) is 5.70. The van der Waals surface area contributed by atoms with Gasteiger partial charge in [0.05, 0.1) is 16.7 Å². The summed E-state index contributed by atoms with van der Waals surface area (Å²) >= 11 is 7.31. The van der Waals surface area contributed by atoms with Gasteiger partial charge in [-0.25, -0.2) is 0 Å². The lowest BCUT2D eigenvalue weighted by Gasteiger charge is -2.13. The molecule has 3 aromatic rings. The summed E-state index contributed by atoms with van der Waals surface area (Å²) < 4.78 is 1.94. The minimum absolute atomic E-state index is 0.0321. The maximum atomic E-state index is 12.5. The molecule has 31 heavy (non-hydrogen) atoms. The number of halogens is 1. The number of nitrogens with one attached hydrogen (secondary N) is 2. The average Bonchev–Trinajstić information content (AvgIpc) is 3.14. The maximum Gasteiger partial charge on any atom is 0.269 e. The molecule has 1 aromatic heterocycles. The van der Waals surface area contributed by atoms with E-state index in [0.29, 0.717) is 29.0 Å². The molecular formula is C20H21ClN6O3S. The van der Waals surface area contributed by atoms with Crippen molar-refractivity contribution < 1.29 is 9.72 Å². The van der Waals surface area contributed by atoms with Gasteiger partial charge in [0.25, 0.3) is 5.69 Å². The van der Waals surface area contributed by atoms with Crippen LogP contribution in [0.4, 0.5) is 17.1 Å². The first kappa shape index (κ1) is 22.6. The number of benzene rings is 2. The lowest BCUT2D eigenvalue weighted by molar-refractivity contribution is -0.384. The standard InChI is InChI=1S/C20H21ClN6O3S/c1-3-26-18(12-22-16-6-4-5-14(21)11-16)24-25-20(26)31-13(2)19(28)23-15-7-9-17(10-8-15)27(29)30/h4-11,13,22H,3,12H2,1-2H3,(H,23,28). The Bertz CT molecular complexity index is 1070. The van der Waals surface area contributed by atoms with E-state index in [1.54, 1.807) is 13.0 Å². The van der Waals surface area contributed by atoms with Crippen LogP contribution in [0, 0.1) is 10.1 Å². The summed E-state index contributed by atoms with van der Waals surface area (Å²) in [5.74, 6) is 0.510. The van der Waals surface area contributed by atoms with E-state index in [0.717, 1.165) is 11.5 Å². The number of aromatic nitrogens is 3. The molecule has 0 bridgehead atoms. The number of thioether (sulfide) groups is 1. The third-order valence-electron chi connectivity index (χ3n) is 4.38. The molecule has 1 amide bonds. The van der Waals surface area contributed by atoms with E-state index >= 15 is 0 Å². The van der Waals surface area contributed by atoms with Crippen LogP contribution in [0.5, 0.6) is 0 Å². The molecule has 0 aliphatic rings. The zero-order chi connectivity index (χ0) is 22.4. The highest BCUT2D eigenvalue weighted by Crippen LogP contribution is 2.24. The number of nitrogens with zero attached hydrogens (tertiary/aromatic N) is 4. The highest BCUT2D eigenvalue weighted by molar-refractivity contribution is 8.00. The van der Waals surface area contributed by atoms with E-state index in [1.807, 2.05) is 29.7 Å². The molecular weight excluding hydrogens is 440 g/mol. The van der Waals surface area contributed by atoms with E-state index in [1.165, 1.54) is 36.0 Å². The van der Waals surface area contributed by atoms with Crippen LogP contribution in [0.2, 0.25) is 5.02 Å². The number of carbonyl (C=O) groups excluding carboxylic acids is 1. The predicted molar refractivity (Wildman–Crippen MR) is 122 cm³/mol. The number of hydrogen-bond donors (Lipinski definition) is 2. The molecule has 1 heterocycles. The summed E-state index contributed by atoms with van der Waals surface area (Å²) in [6.45, 7) is 4.87. The van der Waals surface area contributed by atoms with Crippen LogP contribution in [-0.2, 0) is 17.9 Å². The van der Waals surface area contributed by atoms with E-state index in [-0.39, 0.29) is 11.6 Å². The number of rotatable bonds is 9. The van der Waals surface area contributed by atoms with Crippen LogP contribution >= 0.6 is 23.4 Å². The van der Waals surface area contributed by atoms with Gasteiger partial charge in [-0.3, -0.25) is 14.9 Å². The molecule has 0 aliphatic heterocycles. The highest BCUT2D eigenvalue weighted by Gasteiger charge is 2.20. The Morgan fingerprint density at radius 3 is 2.61 bits per heavy atom. The minimum Gasteiger partial charge on any atom is -0.378 e. The largest absolute Gasteiger partial charge is 0.378 e. The van der Waals surface area contributed by atoms with Crippen LogP contribution in [-0.4, -0.2) is 30.8 Å². The Kier molecular flexibility index (Phi) is 7.48. The van der Waals surface area contributed by atoms with Gasteiger partial charge < -0.3 is 15.2 Å². The summed E-state index contributed by atoms with van der Waals surface area (Å²) in [5.41, 5.74) is 1.34. The quantitative estimate of drug-likeness (QED) is 0.272. The summed E-state index contributed by atoms with van der Waals surface area (Å²) in [4.78, 5) is 22.8. The number of amides is 1. The molecule has 2 N–H and O–H groups in total. The molecule has 0 fully saturated rings. The van der Waals surface area contributed by atoms with E-state index in [2.05, 4.69) is 20.8 Å². The number of anilines is 2. The van der Waals surface area contributed by atoms with E-state index < -0.39 is 10.2 Å². The van der Waals surface area contributed by atoms with Crippen molar-refractivity contribution in [3.63, 3.8) is 0 Å². The Balaban J connectivity index is 1.61. The topological polar surface area (TPSA) is 115 Å². The second-order valence-electron chi connectivity index (χ2n) is 6.56. The number of hydrogen-bond acceptors (Lipinski definition) is 7. The fraction of sp³-hybridized carbons (Fsp3) is 0.250. The molecule has 0 saturated carbocycles. The molecule has 162 valence electrons. The Morgan fingerprint density at radius 1 is 1.23 bits per heavy atom. The molecule has 0 aliphatic carbocycles. The molecule has 9 nitrogen and oxygen atoms in total. The molecule has 0 radical (unpaired) electrons. The summed E-state index contributed by atoms with van der Waals surface area (Å²) in [5, 5.41) is 26.1. The van der Waals surface area contributed by atoms with Crippen molar-refractivity contribution >= 4 is 46.3 Å². The van der Waals surface area contributed by atoms with Crippen molar-refractivity contribution in [2.75, 3.05) is 10.6 Å². The summed E-state index contributed by atoms with van der Waals surface area (Å²) in [6.07, 6.45) is 0. The lowest BCUT2D eigenvalue weighted by Crippen LogP contribution is -2.23. The van der Waals surface area contributed by atoms with E-state index in [4.69, 9.17) is 11.6 Å². The zero-order valence-electron chi connectivity index (χ0n) is 16.9. The fourth-order valence-electron chi connectivity index (χ4n) is 2.76. The van der Waals surface area contributed by atoms with Crippen molar-refractivity contribution in [2.45, 2.75) is 37.3 Å². The first-order valence-corrected chi connectivity index (χ1v) is 10.8. The van der Waals surface area contributed by atoms with Crippen molar-refractivity contribution in [3.8, 4) is 0 Å². The molecule has 1 unspecified atom stereocenters. The Morgan fingerprint density at radius 2 is 1.97 bits per heavy atom. The Labute approximate surface area is 188 Å². The first-order chi connectivity index (χ1) is 14.9. The van der Waals surface area contributed by atoms with Gasteiger partial charge in [0.2, 0.25) is 5.91 Å². The summed E-state index contributed by atoms with van der Waals surface area (Å²) in [6, 6.07) is 13.1. The maximum absolute atomic E-state index is 12.5. The van der Waals surface area contributed by atoms with Crippen LogP contribution in [0.15, 0.2) is 53.7 Å². The van der Waals surface area contributed by atoms with Gasteiger partial charge in [-0.15, -0.1) is 10.2 Å². The van der Waals surface area contributed by atoms with Gasteiger partial charge in [-0.2, -0.15) is 0 Å². The lowest BCUT2D eigenvalue weighted by atomic mass is 10.3. The molecule has 11 heteroatoms. The number of non-ortho nitro benzene ring substituents is 1. The van der Waals surface area contributed by atoms with Gasteiger partial charge in [0, 0.05) is 35.1 Å². The fourth-order valence-corrected chi connectivity index (χ4v) is 3.88. The summed E-state index contributed by atoms with van der Waals surface area (Å²) in [7, 11) is 0. The van der Waals surface area contributed by atoms with Crippen molar-refractivity contribution in [1.82, 2.24) is 14.8 Å². The van der Waals surface area contributed by atoms with Crippen molar-refractivity contribution in [2.24, 2.45) is 0 Å². The SMILES string of the molecule is CCn1c(CNc2cccc(Cl)c2)nnc1SC(C)C(=O)Nc1ccc([N+](=O)[O-])cc1. The van der Waals surface area contributed by atoms with Gasteiger partial charge >= 0.3 is 0 Å². The third kappa shape index (κ3) is 5.96. The molecule has 2 aromatic carbocycles. The first-order valence-electron chi connectivity index (χ1n) is 9.51. The predicted octanol–water partition coefficient (Wildman–Crippen LogP) is 4.59. The van der Waals surface area contributed by atoms with Crippen molar-refractivity contribution in [1.29, 1.82) is 0 Å². The van der Waals surface area contributed by atoms with Gasteiger partial charge in [0.1, 0.15) is 0 Å². The van der Waals surface area contributed by atoms with Crippen LogP contribution < -0.4 is 10.6 Å². The van der Waals surface area contributed by atoms with Gasteiger partial charge in [0.15, 0.2) is 11.0 Å². The van der Waals surface area contributed by atoms with E-state index in [9.17, 15) is 14.9 Å².